The molecular weight excluding hydrogens is 228 g/mol. The lowest BCUT2D eigenvalue weighted by molar-refractivity contribution is -0.116. The molecule has 5 heteroatoms. The number of rotatable bonds is 2. The van der Waals surface area contributed by atoms with Crippen molar-refractivity contribution in [2.45, 2.75) is 13.3 Å². The summed E-state index contributed by atoms with van der Waals surface area (Å²) in [6.07, 6.45) is 0.355. The highest BCUT2D eigenvalue weighted by atomic mass is 79.9. The maximum absolute atomic E-state index is 10.7. The van der Waals surface area contributed by atoms with E-state index >= 15 is 0 Å². The van der Waals surface area contributed by atoms with Crippen LogP contribution in [0.25, 0.3) is 0 Å². The van der Waals surface area contributed by atoms with E-state index < -0.39 is 0 Å². The molecule has 0 aliphatic heterocycles. The number of hydrogen-bond acceptors (Lipinski definition) is 4. The van der Waals surface area contributed by atoms with Crippen LogP contribution in [0.4, 0.5) is 5.13 Å². The highest BCUT2D eigenvalue weighted by Gasteiger charge is 2.07. The maximum atomic E-state index is 10.7. The Hall–Kier alpha value is -0.420. The molecule has 1 aromatic heterocycles. The maximum Gasteiger partial charge on any atom is 0.181 e. The van der Waals surface area contributed by atoms with Crippen molar-refractivity contribution in [2.24, 2.45) is 0 Å². The van der Waals surface area contributed by atoms with Gasteiger partial charge in [-0.1, -0.05) is 11.3 Å². The first-order valence-electron chi connectivity index (χ1n) is 2.99. The highest BCUT2D eigenvalue weighted by Crippen LogP contribution is 2.26. The van der Waals surface area contributed by atoms with Crippen LogP contribution in [0.5, 0.6) is 0 Å². The zero-order valence-electron chi connectivity index (χ0n) is 5.93. The van der Waals surface area contributed by atoms with Crippen LogP contribution >= 0.6 is 27.3 Å². The number of anilines is 1. The molecule has 0 unspecified atom stereocenters. The summed E-state index contributed by atoms with van der Waals surface area (Å²) in [7, 11) is 0. The molecule has 0 amide bonds. The third kappa shape index (κ3) is 2.27. The minimum absolute atomic E-state index is 0.0935. The number of carbonyl (C=O) groups is 1. The monoisotopic (exact) mass is 234 g/mol. The van der Waals surface area contributed by atoms with Gasteiger partial charge in [0.1, 0.15) is 5.78 Å². The Bertz CT molecular complexity index is 284. The first kappa shape index (κ1) is 8.67. The Kier molecular flexibility index (Phi) is 2.62. The number of ketones is 1. The van der Waals surface area contributed by atoms with Crippen molar-refractivity contribution < 1.29 is 4.79 Å². The van der Waals surface area contributed by atoms with Gasteiger partial charge in [-0.15, -0.1) is 0 Å². The van der Waals surface area contributed by atoms with Gasteiger partial charge in [0.25, 0.3) is 0 Å². The van der Waals surface area contributed by atoms with Crippen molar-refractivity contribution >= 4 is 38.2 Å². The van der Waals surface area contributed by atoms with Crippen molar-refractivity contribution in [2.75, 3.05) is 5.73 Å². The lowest BCUT2D eigenvalue weighted by Crippen LogP contribution is -1.97. The van der Waals surface area contributed by atoms with Gasteiger partial charge in [-0.05, 0) is 22.9 Å². The minimum atomic E-state index is 0.0935. The Morgan fingerprint density at radius 3 is 2.82 bits per heavy atom. The fourth-order valence-electron chi connectivity index (χ4n) is 0.695. The summed E-state index contributed by atoms with van der Waals surface area (Å²) in [5.41, 5.74) is 6.16. The van der Waals surface area contributed by atoms with E-state index in [0.717, 1.165) is 9.48 Å². The fraction of sp³-hybridized carbons (Fsp3) is 0.333. The standard InChI is InChI=1S/C6H7BrN2OS/c1-3(10)2-4-5(7)11-6(8)9-4/h2H2,1H3,(H2,8,9). The molecule has 1 rings (SSSR count). The topological polar surface area (TPSA) is 56.0 Å². The molecule has 0 saturated carbocycles. The van der Waals surface area contributed by atoms with E-state index in [1.54, 1.807) is 0 Å². The average molecular weight is 235 g/mol. The van der Waals surface area contributed by atoms with Crippen LogP contribution in [0, 0.1) is 0 Å². The largest absolute Gasteiger partial charge is 0.375 e. The molecule has 0 fully saturated rings. The number of nitrogens with zero attached hydrogens (tertiary/aromatic N) is 1. The average Bonchev–Trinajstić information content (AvgIpc) is 2.09. The van der Waals surface area contributed by atoms with E-state index in [-0.39, 0.29) is 5.78 Å². The third-order valence-corrected chi connectivity index (χ3v) is 2.74. The lowest BCUT2D eigenvalue weighted by Gasteiger charge is -1.89. The number of thiazole rings is 1. The number of nitrogens with two attached hydrogens (primary N) is 1. The summed E-state index contributed by atoms with van der Waals surface area (Å²) in [4.78, 5) is 14.7. The van der Waals surface area contributed by atoms with Gasteiger partial charge < -0.3 is 5.73 Å². The van der Waals surface area contributed by atoms with Crippen LogP contribution in [0.1, 0.15) is 12.6 Å². The first-order valence-corrected chi connectivity index (χ1v) is 4.60. The van der Waals surface area contributed by atoms with E-state index in [1.165, 1.54) is 18.3 Å². The Morgan fingerprint density at radius 2 is 2.45 bits per heavy atom. The molecule has 0 aromatic carbocycles. The predicted molar refractivity (Wildman–Crippen MR) is 48.6 cm³/mol. The number of halogens is 1. The number of hydrogen-bond donors (Lipinski definition) is 1. The second-order valence-corrected chi connectivity index (χ2v) is 4.50. The highest BCUT2D eigenvalue weighted by molar-refractivity contribution is 9.11. The zero-order chi connectivity index (χ0) is 8.43. The van der Waals surface area contributed by atoms with Crippen LogP contribution in [0.15, 0.2) is 3.79 Å². The Balaban J connectivity index is 2.85. The number of nitrogen functional groups attached to an aromatic ring is 1. The molecule has 1 aromatic rings. The van der Waals surface area contributed by atoms with Crippen molar-refractivity contribution in [1.82, 2.24) is 4.98 Å². The number of aromatic nitrogens is 1. The molecule has 11 heavy (non-hydrogen) atoms. The van der Waals surface area contributed by atoms with Gasteiger partial charge in [-0.25, -0.2) is 4.98 Å². The van der Waals surface area contributed by atoms with Gasteiger partial charge in [-0.3, -0.25) is 4.79 Å². The van der Waals surface area contributed by atoms with Crippen LogP contribution in [-0.4, -0.2) is 10.8 Å². The van der Waals surface area contributed by atoms with E-state index in [9.17, 15) is 4.79 Å². The minimum Gasteiger partial charge on any atom is -0.375 e. The van der Waals surface area contributed by atoms with Crippen molar-refractivity contribution in [3.63, 3.8) is 0 Å². The van der Waals surface area contributed by atoms with Gasteiger partial charge in [0.2, 0.25) is 0 Å². The molecule has 0 saturated heterocycles. The summed E-state index contributed by atoms with van der Waals surface area (Å²) >= 11 is 4.61. The molecule has 1 heterocycles. The molecule has 2 N–H and O–H groups in total. The smallest absolute Gasteiger partial charge is 0.181 e. The summed E-state index contributed by atoms with van der Waals surface area (Å²) in [6, 6.07) is 0. The molecule has 0 bridgehead atoms. The second-order valence-electron chi connectivity index (χ2n) is 2.15. The van der Waals surface area contributed by atoms with E-state index in [0.29, 0.717) is 11.6 Å². The van der Waals surface area contributed by atoms with Gasteiger partial charge in [0.05, 0.1) is 15.9 Å². The van der Waals surface area contributed by atoms with E-state index in [1.807, 2.05) is 0 Å². The van der Waals surface area contributed by atoms with Crippen LogP contribution in [-0.2, 0) is 11.2 Å². The molecular formula is C6H7BrN2OS. The molecule has 60 valence electrons. The molecule has 0 aliphatic rings. The normalized spacial score (nSPS) is 10.0. The Morgan fingerprint density at radius 1 is 1.82 bits per heavy atom. The van der Waals surface area contributed by atoms with Crippen LogP contribution < -0.4 is 5.73 Å². The van der Waals surface area contributed by atoms with Crippen molar-refractivity contribution in [3.8, 4) is 0 Å². The third-order valence-electron chi connectivity index (χ3n) is 1.08. The van der Waals surface area contributed by atoms with Gasteiger partial charge in [0.15, 0.2) is 5.13 Å². The fourth-order valence-corrected chi connectivity index (χ4v) is 2.00. The van der Waals surface area contributed by atoms with Gasteiger partial charge >= 0.3 is 0 Å². The van der Waals surface area contributed by atoms with Crippen molar-refractivity contribution in [3.05, 3.63) is 9.48 Å². The zero-order valence-corrected chi connectivity index (χ0v) is 8.33. The SMILES string of the molecule is CC(=O)Cc1nc(N)sc1Br. The molecule has 0 spiro atoms. The summed E-state index contributed by atoms with van der Waals surface area (Å²) < 4.78 is 0.852. The molecule has 0 atom stereocenters. The Labute approximate surface area is 76.8 Å². The van der Waals surface area contributed by atoms with Gasteiger partial charge in [0, 0.05) is 0 Å². The quantitative estimate of drug-likeness (QED) is 0.847. The summed E-state index contributed by atoms with van der Waals surface area (Å²) in [5, 5.41) is 0.494. The van der Waals surface area contributed by atoms with Crippen LogP contribution in [0.2, 0.25) is 0 Å². The van der Waals surface area contributed by atoms with Gasteiger partial charge in [-0.2, -0.15) is 0 Å². The van der Waals surface area contributed by atoms with Crippen LogP contribution in [0.3, 0.4) is 0 Å². The van der Waals surface area contributed by atoms with E-state index in [2.05, 4.69) is 20.9 Å². The number of Topliss-reactive ketones (excluding diaryl/α,β-unsaturated/α-hetero) is 1. The van der Waals surface area contributed by atoms with Crippen molar-refractivity contribution in [1.29, 1.82) is 0 Å². The summed E-state index contributed by atoms with van der Waals surface area (Å²) in [5.74, 6) is 0.0935. The molecule has 3 nitrogen and oxygen atoms in total. The predicted octanol–water partition coefficient (Wildman–Crippen LogP) is 1.62. The lowest BCUT2D eigenvalue weighted by atomic mass is 10.3. The summed E-state index contributed by atoms with van der Waals surface area (Å²) in [6.45, 7) is 1.53. The molecule has 0 aliphatic carbocycles. The molecule has 0 radical (unpaired) electrons. The number of carbonyl (C=O) groups excluding carboxylic acids is 1. The van der Waals surface area contributed by atoms with E-state index in [4.69, 9.17) is 5.73 Å². The first-order chi connectivity index (χ1) is 5.09. The second kappa shape index (κ2) is 3.32.